The monoisotopic (exact) mass is 487 g/mol. The third-order valence-electron chi connectivity index (χ3n) is 8.98. The summed E-state index contributed by atoms with van der Waals surface area (Å²) in [5.41, 5.74) is -2.07. The molecule has 6 nitrogen and oxygen atoms in total. The molecule has 0 bridgehead atoms. The lowest BCUT2D eigenvalue weighted by atomic mass is 9.65. The molecule has 1 N–H and O–H groups in total. The number of aromatic nitrogens is 2. The van der Waals surface area contributed by atoms with E-state index in [0.29, 0.717) is 31.8 Å². The second-order valence-electron chi connectivity index (χ2n) is 11.1. The Bertz CT molecular complexity index is 1150. The molecule has 1 atom stereocenters. The molecule has 1 aromatic heterocycles. The highest BCUT2D eigenvalue weighted by molar-refractivity contribution is 5.77. The van der Waals surface area contributed by atoms with Crippen LogP contribution < -0.4 is 5.56 Å². The Labute approximate surface area is 204 Å². The van der Waals surface area contributed by atoms with Gasteiger partial charge in [0.05, 0.1) is 29.4 Å². The Morgan fingerprint density at radius 2 is 1.77 bits per heavy atom. The first-order chi connectivity index (χ1) is 16.8. The highest BCUT2D eigenvalue weighted by Gasteiger charge is 2.55. The summed E-state index contributed by atoms with van der Waals surface area (Å²) in [6.07, 6.45) is 13.0. The number of piperidine rings is 1. The minimum absolute atomic E-state index is 0.00852. The van der Waals surface area contributed by atoms with Crippen LogP contribution in [0, 0.1) is 23.0 Å². The number of halogens is 2. The lowest BCUT2D eigenvalue weighted by Gasteiger charge is -2.52. The molecule has 0 radical (unpaired) electrons. The number of nitrogens with zero attached hydrogens (tertiary/aromatic N) is 3. The fourth-order valence-corrected chi connectivity index (χ4v) is 6.82. The van der Waals surface area contributed by atoms with Gasteiger partial charge >= 0.3 is 0 Å². The summed E-state index contributed by atoms with van der Waals surface area (Å²) < 4.78 is 28.7. The van der Waals surface area contributed by atoms with Gasteiger partial charge in [0.15, 0.2) is 11.6 Å². The second-order valence-corrected chi connectivity index (χ2v) is 11.1. The van der Waals surface area contributed by atoms with Crippen molar-refractivity contribution in [1.29, 1.82) is 0 Å². The fourth-order valence-electron chi connectivity index (χ4n) is 6.82. The lowest BCUT2D eigenvalue weighted by molar-refractivity contribution is -0.160. The number of aliphatic hydroxyl groups is 1. The molecule has 2 heterocycles. The number of amides is 1. The van der Waals surface area contributed by atoms with Crippen LogP contribution >= 0.6 is 0 Å². The average Bonchev–Trinajstić information content (AvgIpc) is 3.33. The SMILES string of the molecule is O=C(CCC1CCCCC1)N1CCC(O)(Cn2cnc3cc(F)c(F)cc3c2=O)C2(CCCC2)C1. The molecule has 8 heteroatoms. The van der Waals surface area contributed by atoms with Crippen molar-refractivity contribution in [2.45, 2.75) is 89.2 Å². The van der Waals surface area contributed by atoms with Crippen LogP contribution in [0.15, 0.2) is 23.3 Å². The molecule has 190 valence electrons. The average molecular weight is 488 g/mol. The van der Waals surface area contributed by atoms with Crippen LogP contribution in [0.2, 0.25) is 0 Å². The van der Waals surface area contributed by atoms with Crippen LogP contribution in [0.4, 0.5) is 8.78 Å². The zero-order chi connectivity index (χ0) is 24.6. The van der Waals surface area contributed by atoms with E-state index in [1.807, 2.05) is 4.90 Å². The van der Waals surface area contributed by atoms with Gasteiger partial charge in [0.1, 0.15) is 0 Å². The molecule has 2 aliphatic carbocycles. The van der Waals surface area contributed by atoms with E-state index in [4.69, 9.17) is 0 Å². The Morgan fingerprint density at radius 3 is 2.51 bits per heavy atom. The molecule has 35 heavy (non-hydrogen) atoms. The molecule has 5 rings (SSSR count). The predicted molar refractivity (Wildman–Crippen MR) is 129 cm³/mol. The Balaban J connectivity index is 1.34. The standard InChI is InChI=1S/C27H35F2N3O3/c28-21-14-20-23(15-22(21)29)30-18-32(25(20)34)17-27(35)12-13-31(16-26(27)10-4-5-11-26)24(33)9-8-19-6-2-1-3-7-19/h14-15,18-19,35H,1-13,16-17H2. The van der Waals surface area contributed by atoms with Crippen molar-refractivity contribution in [3.05, 3.63) is 40.4 Å². The normalized spacial score (nSPS) is 24.9. The summed E-state index contributed by atoms with van der Waals surface area (Å²) in [4.78, 5) is 32.3. The molecule has 1 unspecified atom stereocenters. The van der Waals surface area contributed by atoms with Crippen molar-refractivity contribution >= 4 is 16.8 Å². The number of carbonyl (C=O) groups is 1. The van der Waals surface area contributed by atoms with E-state index < -0.39 is 28.2 Å². The number of hydrogen-bond donors (Lipinski definition) is 1. The number of hydrogen-bond acceptors (Lipinski definition) is 4. The number of carbonyl (C=O) groups excluding carboxylic acids is 1. The molecule has 1 aromatic carbocycles. The predicted octanol–water partition coefficient (Wildman–Crippen LogP) is 4.56. The van der Waals surface area contributed by atoms with Crippen molar-refractivity contribution in [3.8, 4) is 0 Å². The number of benzene rings is 1. The molecule has 2 aromatic rings. The van der Waals surface area contributed by atoms with Gasteiger partial charge < -0.3 is 10.0 Å². The molecule has 3 aliphatic rings. The molecule has 3 fully saturated rings. The third kappa shape index (κ3) is 4.61. The largest absolute Gasteiger partial charge is 0.387 e. The Kier molecular flexibility index (Phi) is 6.68. The van der Waals surface area contributed by atoms with Gasteiger partial charge in [-0.05, 0) is 37.7 Å². The minimum Gasteiger partial charge on any atom is -0.387 e. The Morgan fingerprint density at radius 1 is 1.06 bits per heavy atom. The van der Waals surface area contributed by atoms with Crippen LogP contribution in [0.5, 0.6) is 0 Å². The van der Waals surface area contributed by atoms with Crippen LogP contribution in [0.25, 0.3) is 10.9 Å². The van der Waals surface area contributed by atoms with Gasteiger partial charge in [-0.15, -0.1) is 0 Å². The fraction of sp³-hybridized carbons (Fsp3) is 0.667. The molecular formula is C27H35F2N3O3. The first kappa shape index (κ1) is 24.3. The van der Waals surface area contributed by atoms with E-state index in [0.717, 1.165) is 44.2 Å². The number of rotatable bonds is 5. The smallest absolute Gasteiger partial charge is 0.261 e. The maximum atomic E-state index is 13.8. The summed E-state index contributed by atoms with van der Waals surface area (Å²) in [5.74, 6) is -1.32. The molecule has 1 amide bonds. The topological polar surface area (TPSA) is 75.4 Å². The molecular weight excluding hydrogens is 452 g/mol. The van der Waals surface area contributed by atoms with Crippen LogP contribution in [0.1, 0.15) is 77.0 Å². The van der Waals surface area contributed by atoms with Gasteiger partial charge in [-0.2, -0.15) is 0 Å². The van der Waals surface area contributed by atoms with Gasteiger partial charge in [0.25, 0.3) is 5.56 Å². The van der Waals surface area contributed by atoms with E-state index in [1.165, 1.54) is 43.0 Å². The molecule has 1 saturated heterocycles. The van der Waals surface area contributed by atoms with Crippen molar-refractivity contribution in [3.63, 3.8) is 0 Å². The maximum Gasteiger partial charge on any atom is 0.261 e. The summed E-state index contributed by atoms with van der Waals surface area (Å²) in [7, 11) is 0. The lowest BCUT2D eigenvalue weighted by Crippen LogP contribution is -2.62. The van der Waals surface area contributed by atoms with Crippen molar-refractivity contribution in [2.24, 2.45) is 11.3 Å². The van der Waals surface area contributed by atoms with E-state index in [2.05, 4.69) is 4.98 Å². The number of likely N-dealkylation sites (tertiary alicyclic amines) is 1. The van der Waals surface area contributed by atoms with E-state index in [1.54, 1.807) is 0 Å². The van der Waals surface area contributed by atoms with Crippen LogP contribution in [-0.4, -0.2) is 44.2 Å². The highest BCUT2D eigenvalue weighted by atomic mass is 19.2. The van der Waals surface area contributed by atoms with Gasteiger partial charge in [-0.1, -0.05) is 44.9 Å². The summed E-state index contributed by atoms with van der Waals surface area (Å²) in [6, 6.07) is 1.79. The maximum absolute atomic E-state index is 13.8. The van der Waals surface area contributed by atoms with Gasteiger partial charge in [-0.25, -0.2) is 13.8 Å². The zero-order valence-electron chi connectivity index (χ0n) is 20.3. The van der Waals surface area contributed by atoms with E-state index >= 15 is 0 Å². The van der Waals surface area contributed by atoms with E-state index in [-0.39, 0.29) is 23.4 Å². The van der Waals surface area contributed by atoms with E-state index in [9.17, 15) is 23.5 Å². The van der Waals surface area contributed by atoms with Crippen molar-refractivity contribution < 1.29 is 18.7 Å². The second kappa shape index (κ2) is 9.60. The summed E-state index contributed by atoms with van der Waals surface area (Å²) in [5, 5.41) is 11.9. The zero-order valence-corrected chi connectivity index (χ0v) is 20.3. The Hall–Kier alpha value is -2.35. The third-order valence-corrected chi connectivity index (χ3v) is 8.98. The highest BCUT2D eigenvalue weighted by Crippen LogP contribution is 2.51. The molecule has 2 saturated carbocycles. The number of fused-ring (bicyclic) bond motifs is 1. The first-order valence-electron chi connectivity index (χ1n) is 13.1. The van der Waals surface area contributed by atoms with Gasteiger partial charge in [-0.3, -0.25) is 14.2 Å². The quantitative estimate of drug-likeness (QED) is 0.671. The van der Waals surface area contributed by atoms with Crippen molar-refractivity contribution in [1.82, 2.24) is 14.5 Å². The first-order valence-corrected chi connectivity index (χ1v) is 13.1. The van der Waals surface area contributed by atoms with Gasteiger partial charge in [0.2, 0.25) is 5.91 Å². The van der Waals surface area contributed by atoms with Crippen LogP contribution in [-0.2, 0) is 11.3 Å². The summed E-state index contributed by atoms with van der Waals surface area (Å²) >= 11 is 0. The van der Waals surface area contributed by atoms with Crippen molar-refractivity contribution in [2.75, 3.05) is 13.1 Å². The van der Waals surface area contributed by atoms with Crippen LogP contribution in [0.3, 0.4) is 0 Å². The summed E-state index contributed by atoms with van der Waals surface area (Å²) in [6.45, 7) is 0.984. The molecule has 1 spiro atoms. The molecule has 1 aliphatic heterocycles. The van der Waals surface area contributed by atoms with Gasteiger partial charge in [0, 0.05) is 31.0 Å². The minimum atomic E-state index is -1.18.